The lowest BCUT2D eigenvalue weighted by Gasteiger charge is -2.31. The summed E-state index contributed by atoms with van der Waals surface area (Å²) in [5.41, 5.74) is 0. The van der Waals surface area contributed by atoms with Gasteiger partial charge in [-0.1, -0.05) is 147 Å². The molecule has 0 aliphatic carbocycles. The average Bonchev–Trinajstić information content (AvgIpc) is 3.08. The van der Waals surface area contributed by atoms with E-state index in [-0.39, 0.29) is 36.2 Å². The molecule has 0 heterocycles. The van der Waals surface area contributed by atoms with E-state index in [1.807, 2.05) is 21.1 Å². The highest BCUT2D eigenvalue weighted by atomic mass is 16.6. The van der Waals surface area contributed by atoms with Crippen molar-refractivity contribution in [1.82, 2.24) is 0 Å². The lowest BCUT2D eigenvalue weighted by Crippen LogP contribution is -2.50. The molecule has 8 heteroatoms. The van der Waals surface area contributed by atoms with E-state index in [9.17, 15) is 19.5 Å². The van der Waals surface area contributed by atoms with Gasteiger partial charge in [0.1, 0.15) is 6.61 Å². The zero-order valence-corrected chi connectivity index (χ0v) is 33.8. The molecule has 0 fully saturated rings. The molecule has 2 unspecified atom stereocenters. The first kappa shape index (κ1) is 48.8. The largest absolute Gasteiger partial charge is 0.477 e. The number of quaternary nitrogens is 1. The minimum Gasteiger partial charge on any atom is -0.477 e. The van der Waals surface area contributed by atoms with Crippen molar-refractivity contribution in [2.75, 3.05) is 41.0 Å². The van der Waals surface area contributed by atoms with Gasteiger partial charge in [-0.15, -0.1) is 0 Å². The Morgan fingerprint density at radius 2 is 1.02 bits per heavy atom. The SMILES string of the molecule is CCCCC/C=C/C=C/CCCCCCCCC(=O)OCC(COCCC(C(=O)O)[N+](C)(C)C)OC(=O)CCCCCCCCCCCCCC. The predicted molar refractivity (Wildman–Crippen MR) is 211 cm³/mol. The molecule has 0 rings (SSSR count). The number of unbranched alkanes of at least 4 members (excludes halogenated alkanes) is 20. The monoisotopic (exact) mass is 723 g/mol. The molecule has 0 spiro atoms. The number of carbonyl (C=O) groups is 3. The van der Waals surface area contributed by atoms with Gasteiger partial charge in [0, 0.05) is 19.3 Å². The minimum atomic E-state index is -0.876. The highest BCUT2D eigenvalue weighted by Gasteiger charge is 2.31. The van der Waals surface area contributed by atoms with E-state index in [0.29, 0.717) is 19.3 Å². The predicted octanol–water partition coefficient (Wildman–Crippen LogP) is 10.9. The number of carbonyl (C=O) groups excluding carboxylic acids is 2. The minimum absolute atomic E-state index is 0.0534. The third-order valence-corrected chi connectivity index (χ3v) is 9.38. The number of aliphatic carboxylic acids is 1. The number of ether oxygens (including phenoxy) is 3. The van der Waals surface area contributed by atoms with Crippen LogP contribution in [0.25, 0.3) is 0 Å². The second kappa shape index (κ2) is 34.9. The molecule has 298 valence electrons. The number of hydrogen-bond acceptors (Lipinski definition) is 6. The molecular formula is C43H80NO7+. The van der Waals surface area contributed by atoms with Gasteiger partial charge in [-0.3, -0.25) is 9.59 Å². The number of esters is 2. The van der Waals surface area contributed by atoms with Gasteiger partial charge >= 0.3 is 17.9 Å². The van der Waals surface area contributed by atoms with E-state index < -0.39 is 18.1 Å². The number of nitrogens with zero attached hydrogens (tertiary/aromatic N) is 1. The maximum Gasteiger partial charge on any atom is 0.362 e. The van der Waals surface area contributed by atoms with Crippen molar-refractivity contribution in [2.24, 2.45) is 0 Å². The summed E-state index contributed by atoms with van der Waals surface area (Å²) in [5.74, 6) is -1.48. The Hall–Kier alpha value is -2.19. The zero-order chi connectivity index (χ0) is 37.8. The van der Waals surface area contributed by atoms with Crippen LogP contribution in [0.2, 0.25) is 0 Å². The van der Waals surface area contributed by atoms with Gasteiger partial charge in [-0.25, -0.2) is 4.79 Å². The summed E-state index contributed by atoms with van der Waals surface area (Å²) in [5, 5.41) is 9.59. The first-order valence-electron chi connectivity index (χ1n) is 20.9. The van der Waals surface area contributed by atoms with Crippen LogP contribution in [0.15, 0.2) is 24.3 Å². The van der Waals surface area contributed by atoms with Gasteiger partial charge in [-0.2, -0.15) is 0 Å². The van der Waals surface area contributed by atoms with Crippen LogP contribution in [0.1, 0.15) is 181 Å². The fourth-order valence-corrected chi connectivity index (χ4v) is 6.08. The lowest BCUT2D eigenvalue weighted by molar-refractivity contribution is -0.887. The molecule has 0 aromatic rings. The highest BCUT2D eigenvalue weighted by Crippen LogP contribution is 2.14. The molecule has 0 saturated heterocycles. The lowest BCUT2D eigenvalue weighted by atomic mass is 10.0. The number of carboxylic acid groups (broad SMARTS) is 1. The number of rotatable bonds is 37. The second-order valence-corrected chi connectivity index (χ2v) is 15.3. The van der Waals surface area contributed by atoms with Gasteiger partial charge in [0.05, 0.1) is 34.4 Å². The number of allylic oxidation sites excluding steroid dienone is 4. The maximum absolute atomic E-state index is 12.7. The molecule has 0 amide bonds. The van der Waals surface area contributed by atoms with Crippen LogP contribution >= 0.6 is 0 Å². The van der Waals surface area contributed by atoms with Crippen LogP contribution in [0.3, 0.4) is 0 Å². The summed E-state index contributed by atoms with van der Waals surface area (Å²) >= 11 is 0. The van der Waals surface area contributed by atoms with Gasteiger partial charge in [0.25, 0.3) is 0 Å². The van der Waals surface area contributed by atoms with Gasteiger partial charge in [0.2, 0.25) is 0 Å². The normalized spacial score (nSPS) is 13.2. The number of hydrogen-bond donors (Lipinski definition) is 1. The van der Waals surface area contributed by atoms with Gasteiger partial charge in [-0.05, 0) is 38.5 Å². The Morgan fingerprint density at radius 3 is 1.51 bits per heavy atom. The summed E-state index contributed by atoms with van der Waals surface area (Å²) in [6, 6.07) is -0.612. The van der Waals surface area contributed by atoms with Crippen molar-refractivity contribution in [2.45, 2.75) is 193 Å². The third-order valence-electron chi connectivity index (χ3n) is 9.38. The summed E-state index contributed by atoms with van der Waals surface area (Å²) in [4.78, 5) is 36.9. The van der Waals surface area contributed by atoms with E-state index in [0.717, 1.165) is 44.9 Å². The van der Waals surface area contributed by atoms with Crippen molar-refractivity contribution in [1.29, 1.82) is 0 Å². The Morgan fingerprint density at radius 1 is 0.588 bits per heavy atom. The van der Waals surface area contributed by atoms with Crippen molar-refractivity contribution < 1.29 is 38.2 Å². The van der Waals surface area contributed by atoms with Crippen LogP contribution in [0, 0.1) is 0 Å². The molecular weight excluding hydrogens is 642 g/mol. The molecule has 51 heavy (non-hydrogen) atoms. The molecule has 2 atom stereocenters. The molecule has 0 radical (unpaired) electrons. The van der Waals surface area contributed by atoms with Crippen LogP contribution in [0.4, 0.5) is 0 Å². The molecule has 0 aliphatic heterocycles. The summed E-state index contributed by atoms with van der Waals surface area (Å²) in [7, 11) is 5.52. The smallest absolute Gasteiger partial charge is 0.362 e. The zero-order valence-electron chi connectivity index (χ0n) is 33.8. The topological polar surface area (TPSA) is 99.1 Å². The quantitative estimate of drug-likeness (QED) is 0.0295. The molecule has 1 N–H and O–H groups in total. The fourth-order valence-electron chi connectivity index (χ4n) is 6.08. The van der Waals surface area contributed by atoms with Crippen molar-refractivity contribution >= 4 is 17.9 Å². The van der Waals surface area contributed by atoms with Crippen LogP contribution in [-0.2, 0) is 28.6 Å². The van der Waals surface area contributed by atoms with Gasteiger partial charge < -0.3 is 23.8 Å². The van der Waals surface area contributed by atoms with Crippen LogP contribution < -0.4 is 0 Å². The Kier molecular flexibility index (Phi) is 33.4. The highest BCUT2D eigenvalue weighted by molar-refractivity contribution is 5.72. The van der Waals surface area contributed by atoms with Crippen molar-refractivity contribution in [3.05, 3.63) is 24.3 Å². The van der Waals surface area contributed by atoms with Crippen molar-refractivity contribution in [3.8, 4) is 0 Å². The molecule has 0 aromatic carbocycles. The number of likely N-dealkylation sites (N-methyl/N-ethyl adjacent to an activating group) is 1. The fraction of sp³-hybridized carbons (Fsp3) is 0.837. The Balaban J connectivity index is 4.38. The Bertz CT molecular complexity index is 895. The summed E-state index contributed by atoms with van der Waals surface area (Å²) in [6.07, 6.45) is 36.4. The molecule has 0 bridgehead atoms. The van der Waals surface area contributed by atoms with E-state index >= 15 is 0 Å². The van der Waals surface area contributed by atoms with Crippen LogP contribution in [0.5, 0.6) is 0 Å². The van der Waals surface area contributed by atoms with Crippen molar-refractivity contribution in [3.63, 3.8) is 0 Å². The summed E-state index contributed by atoms with van der Waals surface area (Å²) < 4.78 is 17.2. The number of carboxylic acids is 1. The van der Waals surface area contributed by atoms with E-state index in [1.54, 1.807) is 0 Å². The standard InChI is InChI=1S/C43H79NO7/c1-6-8-10-12-14-16-18-20-21-22-24-25-27-29-31-33-41(45)50-38-39(37-49-36-35-40(43(47)48)44(3,4)5)51-42(46)34-32-30-28-26-23-19-17-15-13-11-9-7-2/h14,16,18,20,39-40H,6-13,15,17,19,21-38H2,1-5H3/p+1/b16-14+,20-18+. The van der Waals surface area contributed by atoms with Crippen LogP contribution in [-0.4, -0.2) is 80.6 Å². The summed E-state index contributed by atoms with van der Waals surface area (Å²) in [6.45, 7) is 4.69. The molecule has 8 nitrogen and oxygen atoms in total. The first-order valence-corrected chi connectivity index (χ1v) is 20.9. The Labute approximate surface area is 313 Å². The van der Waals surface area contributed by atoms with E-state index in [1.165, 1.54) is 103 Å². The third kappa shape index (κ3) is 33.4. The first-order chi connectivity index (χ1) is 24.6. The van der Waals surface area contributed by atoms with Gasteiger partial charge in [0.15, 0.2) is 12.1 Å². The molecule has 0 aromatic heterocycles. The maximum atomic E-state index is 12.7. The second-order valence-electron chi connectivity index (χ2n) is 15.3. The van der Waals surface area contributed by atoms with E-state index in [4.69, 9.17) is 14.2 Å². The van der Waals surface area contributed by atoms with E-state index in [2.05, 4.69) is 38.2 Å². The molecule has 0 aliphatic rings. The average molecular weight is 723 g/mol. The molecule has 0 saturated carbocycles.